The van der Waals surface area contributed by atoms with Crippen molar-refractivity contribution in [1.82, 2.24) is 0 Å². The Labute approximate surface area is 127 Å². The van der Waals surface area contributed by atoms with Gasteiger partial charge in [0.1, 0.15) is 11.5 Å². The number of nitrogens with one attached hydrogen (secondary N) is 1. The Bertz CT molecular complexity index is 495. The molecule has 0 aromatic heterocycles. The third-order valence-electron chi connectivity index (χ3n) is 3.06. The number of methoxy groups -OCH3 is 1. The van der Waals surface area contributed by atoms with E-state index >= 15 is 0 Å². The van der Waals surface area contributed by atoms with E-state index < -0.39 is 0 Å². The van der Waals surface area contributed by atoms with Gasteiger partial charge in [-0.1, -0.05) is 26.3 Å². The zero-order valence-electron chi connectivity index (χ0n) is 13.4. The lowest BCUT2D eigenvalue weighted by atomic mass is 10.2. The molecular formula is C17H25NO3. The number of anilines is 1. The smallest absolute Gasteiger partial charge is 0.251 e. The maximum absolute atomic E-state index is 12.1. The normalized spacial score (nSPS) is 11.1. The van der Waals surface area contributed by atoms with Crippen molar-refractivity contribution in [2.24, 2.45) is 0 Å². The number of rotatable bonds is 8. The van der Waals surface area contributed by atoms with Crippen LogP contribution < -0.4 is 14.8 Å². The molecule has 21 heavy (non-hydrogen) atoms. The van der Waals surface area contributed by atoms with E-state index in [2.05, 4.69) is 12.2 Å². The Kier molecular flexibility index (Phi) is 7.37. The second-order valence-corrected chi connectivity index (χ2v) is 4.81. The Balaban J connectivity index is 2.90. The maximum atomic E-state index is 12.1. The zero-order valence-corrected chi connectivity index (χ0v) is 13.4. The minimum Gasteiger partial charge on any atom is -0.497 e. The van der Waals surface area contributed by atoms with Gasteiger partial charge in [0.25, 0.3) is 5.91 Å². The van der Waals surface area contributed by atoms with Crippen LogP contribution in [0.2, 0.25) is 0 Å². The van der Waals surface area contributed by atoms with E-state index in [1.807, 2.05) is 25.1 Å². The van der Waals surface area contributed by atoms with Crippen LogP contribution in [-0.4, -0.2) is 19.6 Å². The second-order valence-electron chi connectivity index (χ2n) is 4.81. The van der Waals surface area contributed by atoms with E-state index in [1.165, 1.54) is 0 Å². The molecule has 1 aromatic rings. The van der Waals surface area contributed by atoms with Crippen LogP contribution >= 0.6 is 0 Å². The number of hydrogen-bond donors (Lipinski definition) is 1. The first-order valence-corrected chi connectivity index (χ1v) is 7.41. The monoisotopic (exact) mass is 291 g/mol. The van der Waals surface area contributed by atoms with E-state index in [0.29, 0.717) is 29.4 Å². The molecule has 0 unspecified atom stereocenters. The highest BCUT2D eigenvalue weighted by atomic mass is 16.5. The Morgan fingerprint density at radius 2 is 2.10 bits per heavy atom. The topological polar surface area (TPSA) is 47.6 Å². The molecule has 4 heteroatoms. The summed E-state index contributed by atoms with van der Waals surface area (Å²) in [6, 6.07) is 5.42. The number of carbonyl (C=O) groups is 1. The number of allylic oxidation sites excluding steroid dienone is 1. The number of ether oxygens (including phenoxy) is 2. The van der Waals surface area contributed by atoms with Gasteiger partial charge in [0.2, 0.25) is 0 Å². The largest absolute Gasteiger partial charge is 0.497 e. The Hall–Kier alpha value is -1.97. The maximum Gasteiger partial charge on any atom is 0.251 e. The van der Waals surface area contributed by atoms with E-state index in [9.17, 15) is 4.79 Å². The van der Waals surface area contributed by atoms with Gasteiger partial charge in [0.15, 0.2) is 0 Å². The standard InChI is InChI=1S/C17H25NO3/c1-5-7-11-21-16-10-9-14(20-4)12-15(16)18-17(19)13(3)8-6-2/h8-10,12H,5-7,11H2,1-4H3,(H,18,19)/b13-8+. The quantitative estimate of drug-likeness (QED) is 0.577. The molecule has 0 saturated carbocycles. The summed E-state index contributed by atoms with van der Waals surface area (Å²) in [5.74, 6) is 1.23. The van der Waals surface area contributed by atoms with Gasteiger partial charge < -0.3 is 14.8 Å². The minimum absolute atomic E-state index is 0.120. The van der Waals surface area contributed by atoms with Crippen LogP contribution in [0.1, 0.15) is 40.0 Å². The van der Waals surface area contributed by atoms with Crippen LogP contribution in [0.15, 0.2) is 29.8 Å². The van der Waals surface area contributed by atoms with Gasteiger partial charge >= 0.3 is 0 Å². The highest BCUT2D eigenvalue weighted by Gasteiger charge is 2.10. The number of hydrogen-bond acceptors (Lipinski definition) is 3. The first-order chi connectivity index (χ1) is 10.1. The molecule has 1 amide bonds. The third kappa shape index (κ3) is 5.50. The number of unbranched alkanes of at least 4 members (excludes halogenated alkanes) is 1. The lowest BCUT2D eigenvalue weighted by molar-refractivity contribution is -0.112. The summed E-state index contributed by atoms with van der Waals surface area (Å²) in [6.07, 6.45) is 4.77. The molecule has 1 N–H and O–H groups in total. The highest BCUT2D eigenvalue weighted by molar-refractivity contribution is 6.04. The molecule has 0 radical (unpaired) electrons. The first-order valence-electron chi connectivity index (χ1n) is 7.41. The van der Waals surface area contributed by atoms with Crippen LogP contribution in [0, 0.1) is 0 Å². The molecule has 0 fully saturated rings. The fourth-order valence-corrected chi connectivity index (χ4v) is 1.81. The van der Waals surface area contributed by atoms with Crippen LogP contribution in [0.25, 0.3) is 0 Å². The van der Waals surface area contributed by atoms with Crippen molar-refractivity contribution in [1.29, 1.82) is 0 Å². The molecule has 116 valence electrons. The minimum atomic E-state index is -0.120. The van der Waals surface area contributed by atoms with Gasteiger partial charge in [0, 0.05) is 11.6 Å². The molecule has 0 saturated heterocycles. The highest BCUT2D eigenvalue weighted by Crippen LogP contribution is 2.29. The van der Waals surface area contributed by atoms with Crippen molar-refractivity contribution in [3.05, 3.63) is 29.8 Å². The average molecular weight is 291 g/mol. The fraction of sp³-hybridized carbons (Fsp3) is 0.471. The van der Waals surface area contributed by atoms with E-state index in [4.69, 9.17) is 9.47 Å². The van der Waals surface area contributed by atoms with E-state index in [-0.39, 0.29) is 5.91 Å². The number of benzene rings is 1. The van der Waals surface area contributed by atoms with Crippen LogP contribution in [0.5, 0.6) is 11.5 Å². The van der Waals surface area contributed by atoms with Gasteiger partial charge in [-0.25, -0.2) is 0 Å². The summed E-state index contributed by atoms with van der Waals surface area (Å²) in [4.78, 5) is 12.1. The van der Waals surface area contributed by atoms with Gasteiger partial charge in [0.05, 0.1) is 19.4 Å². The van der Waals surface area contributed by atoms with Gasteiger partial charge in [-0.15, -0.1) is 0 Å². The molecule has 0 bridgehead atoms. The first kappa shape index (κ1) is 17.1. The second kappa shape index (κ2) is 9.06. The predicted molar refractivity (Wildman–Crippen MR) is 86.1 cm³/mol. The Morgan fingerprint density at radius 3 is 2.71 bits per heavy atom. The van der Waals surface area contributed by atoms with Crippen LogP contribution in [0.4, 0.5) is 5.69 Å². The molecular weight excluding hydrogens is 266 g/mol. The molecule has 1 aromatic carbocycles. The van der Waals surface area contributed by atoms with Crippen LogP contribution in [-0.2, 0) is 4.79 Å². The lowest BCUT2D eigenvalue weighted by Gasteiger charge is -2.14. The van der Waals surface area contributed by atoms with Crippen molar-refractivity contribution < 1.29 is 14.3 Å². The molecule has 0 aliphatic rings. The molecule has 0 spiro atoms. The lowest BCUT2D eigenvalue weighted by Crippen LogP contribution is -2.14. The third-order valence-corrected chi connectivity index (χ3v) is 3.06. The average Bonchev–Trinajstić information content (AvgIpc) is 2.49. The van der Waals surface area contributed by atoms with Gasteiger partial charge in [-0.2, -0.15) is 0 Å². The molecule has 0 atom stereocenters. The van der Waals surface area contributed by atoms with Crippen molar-refractivity contribution in [3.8, 4) is 11.5 Å². The van der Waals surface area contributed by atoms with Crippen molar-refractivity contribution >= 4 is 11.6 Å². The summed E-state index contributed by atoms with van der Waals surface area (Å²) >= 11 is 0. The number of amides is 1. The number of carbonyl (C=O) groups excluding carboxylic acids is 1. The Morgan fingerprint density at radius 1 is 1.33 bits per heavy atom. The fourth-order valence-electron chi connectivity index (χ4n) is 1.81. The van der Waals surface area contributed by atoms with E-state index in [0.717, 1.165) is 19.3 Å². The molecule has 4 nitrogen and oxygen atoms in total. The summed E-state index contributed by atoms with van der Waals surface area (Å²) in [5, 5.41) is 2.88. The van der Waals surface area contributed by atoms with Crippen molar-refractivity contribution in [3.63, 3.8) is 0 Å². The predicted octanol–water partition coefficient (Wildman–Crippen LogP) is 4.17. The van der Waals surface area contributed by atoms with E-state index in [1.54, 1.807) is 20.1 Å². The molecule has 0 aliphatic heterocycles. The van der Waals surface area contributed by atoms with Gasteiger partial charge in [-0.05, 0) is 31.9 Å². The summed E-state index contributed by atoms with van der Waals surface area (Å²) in [7, 11) is 1.60. The van der Waals surface area contributed by atoms with Gasteiger partial charge in [-0.3, -0.25) is 4.79 Å². The molecule has 1 rings (SSSR count). The van der Waals surface area contributed by atoms with Crippen molar-refractivity contribution in [2.75, 3.05) is 19.0 Å². The molecule has 0 aliphatic carbocycles. The zero-order chi connectivity index (χ0) is 15.7. The van der Waals surface area contributed by atoms with Crippen molar-refractivity contribution in [2.45, 2.75) is 40.0 Å². The van der Waals surface area contributed by atoms with Crippen LogP contribution in [0.3, 0.4) is 0 Å². The summed E-state index contributed by atoms with van der Waals surface area (Å²) in [6.45, 7) is 6.55. The summed E-state index contributed by atoms with van der Waals surface area (Å²) < 4.78 is 10.9. The molecule has 0 heterocycles. The SMILES string of the molecule is CC/C=C(\C)C(=O)Nc1cc(OC)ccc1OCCCC. The summed E-state index contributed by atoms with van der Waals surface area (Å²) in [5.41, 5.74) is 1.33.